The molecule has 18 heavy (non-hydrogen) atoms. The predicted molar refractivity (Wildman–Crippen MR) is 77.3 cm³/mol. The smallest absolute Gasteiger partial charge is 0.261 e. The van der Waals surface area contributed by atoms with Crippen molar-refractivity contribution < 1.29 is 4.79 Å². The SMILES string of the molecule is CCc1cc(C(=O)NC2CCCCC2C)sc1C. The first-order valence-electron chi connectivity index (χ1n) is 7.02. The van der Waals surface area contributed by atoms with Crippen LogP contribution in [0.4, 0.5) is 0 Å². The maximum atomic E-state index is 12.2. The van der Waals surface area contributed by atoms with Gasteiger partial charge in [0.2, 0.25) is 0 Å². The molecule has 0 aromatic carbocycles. The van der Waals surface area contributed by atoms with E-state index in [4.69, 9.17) is 0 Å². The van der Waals surface area contributed by atoms with Crippen LogP contribution in [0.3, 0.4) is 0 Å². The highest BCUT2D eigenvalue weighted by Crippen LogP contribution is 2.26. The molecule has 1 N–H and O–H groups in total. The molecule has 2 unspecified atom stereocenters. The minimum Gasteiger partial charge on any atom is -0.348 e. The number of hydrogen-bond acceptors (Lipinski definition) is 2. The minimum atomic E-state index is 0.126. The monoisotopic (exact) mass is 265 g/mol. The van der Waals surface area contributed by atoms with Crippen LogP contribution in [0.1, 0.15) is 59.6 Å². The summed E-state index contributed by atoms with van der Waals surface area (Å²) in [4.78, 5) is 14.4. The van der Waals surface area contributed by atoms with Crippen LogP contribution in [0.2, 0.25) is 0 Å². The van der Waals surface area contributed by atoms with Crippen molar-refractivity contribution in [3.05, 3.63) is 21.4 Å². The lowest BCUT2D eigenvalue weighted by Crippen LogP contribution is -2.40. The van der Waals surface area contributed by atoms with E-state index in [1.54, 1.807) is 11.3 Å². The van der Waals surface area contributed by atoms with Crippen LogP contribution in [0.25, 0.3) is 0 Å². The highest BCUT2D eigenvalue weighted by Gasteiger charge is 2.23. The van der Waals surface area contributed by atoms with E-state index < -0.39 is 0 Å². The van der Waals surface area contributed by atoms with Crippen molar-refractivity contribution in [1.29, 1.82) is 0 Å². The summed E-state index contributed by atoms with van der Waals surface area (Å²) in [5.74, 6) is 0.746. The number of carbonyl (C=O) groups is 1. The molecule has 2 nitrogen and oxygen atoms in total. The van der Waals surface area contributed by atoms with E-state index >= 15 is 0 Å². The van der Waals surface area contributed by atoms with Gasteiger partial charge in [0.1, 0.15) is 0 Å². The third kappa shape index (κ3) is 2.94. The van der Waals surface area contributed by atoms with E-state index in [0.29, 0.717) is 12.0 Å². The summed E-state index contributed by atoms with van der Waals surface area (Å²) in [6.07, 6.45) is 5.95. The number of aryl methyl sites for hydroxylation is 2. The van der Waals surface area contributed by atoms with Crippen LogP contribution in [0.5, 0.6) is 0 Å². The fraction of sp³-hybridized carbons (Fsp3) is 0.667. The van der Waals surface area contributed by atoms with Gasteiger partial charge in [0.15, 0.2) is 0 Å². The molecule has 1 aliphatic rings. The van der Waals surface area contributed by atoms with Crippen LogP contribution in [0, 0.1) is 12.8 Å². The quantitative estimate of drug-likeness (QED) is 0.881. The summed E-state index contributed by atoms with van der Waals surface area (Å²) in [7, 11) is 0. The summed E-state index contributed by atoms with van der Waals surface area (Å²) in [6.45, 7) is 6.49. The minimum absolute atomic E-state index is 0.126. The predicted octanol–water partition coefficient (Wildman–Crippen LogP) is 3.93. The molecule has 0 bridgehead atoms. The highest BCUT2D eigenvalue weighted by molar-refractivity contribution is 7.14. The number of thiophene rings is 1. The van der Waals surface area contributed by atoms with Crippen molar-refractivity contribution in [2.24, 2.45) is 5.92 Å². The number of carbonyl (C=O) groups excluding carboxylic acids is 1. The molecule has 1 aromatic heterocycles. The van der Waals surface area contributed by atoms with E-state index in [0.717, 1.165) is 17.7 Å². The van der Waals surface area contributed by atoms with E-state index in [-0.39, 0.29) is 5.91 Å². The Bertz CT molecular complexity index is 424. The topological polar surface area (TPSA) is 29.1 Å². The van der Waals surface area contributed by atoms with Gasteiger partial charge in [-0.1, -0.05) is 26.7 Å². The fourth-order valence-corrected chi connectivity index (χ4v) is 3.77. The average Bonchev–Trinajstić information content (AvgIpc) is 2.73. The van der Waals surface area contributed by atoms with Crippen LogP contribution >= 0.6 is 11.3 Å². The van der Waals surface area contributed by atoms with Crippen molar-refractivity contribution in [2.75, 3.05) is 0 Å². The lowest BCUT2D eigenvalue weighted by atomic mass is 9.86. The van der Waals surface area contributed by atoms with Gasteiger partial charge in [-0.05, 0) is 43.7 Å². The summed E-state index contributed by atoms with van der Waals surface area (Å²) >= 11 is 1.62. The zero-order valence-corrected chi connectivity index (χ0v) is 12.4. The standard InChI is InChI=1S/C15H23NOS/c1-4-12-9-14(18-11(12)3)15(17)16-13-8-6-5-7-10(13)2/h9-10,13H,4-8H2,1-3H3,(H,16,17). The Morgan fingerprint density at radius 1 is 1.44 bits per heavy atom. The summed E-state index contributed by atoms with van der Waals surface area (Å²) in [5.41, 5.74) is 1.31. The van der Waals surface area contributed by atoms with Crippen molar-refractivity contribution in [2.45, 2.75) is 58.9 Å². The van der Waals surface area contributed by atoms with Gasteiger partial charge in [-0.3, -0.25) is 4.79 Å². The molecule has 1 saturated carbocycles. The zero-order chi connectivity index (χ0) is 13.1. The Balaban J connectivity index is 2.02. The van der Waals surface area contributed by atoms with Gasteiger partial charge in [-0.15, -0.1) is 11.3 Å². The molecule has 0 spiro atoms. The van der Waals surface area contributed by atoms with Crippen molar-refractivity contribution >= 4 is 17.2 Å². The maximum Gasteiger partial charge on any atom is 0.261 e. The van der Waals surface area contributed by atoms with Crippen LogP contribution < -0.4 is 5.32 Å². The largest absolute Gasteiger partial charge is 0.348 e. The highest BCUT2D eigenvalue weighted by atomic mass is 32.1. The first-order valence-corrected chi connectivity index (χ1v) is 7.83. The summed E-state index contributed by atoms with van der Waals surface area (Å²) < 4.78 is 0. The van der Waals surface area contributed by atoms with Gasteiger partial charge < -0.3 is 5.32 Å². The molecule has 3 heteroatoms. The van der Waals surface area contributed by atoms with Gasteiger partial charge in [-0.2, -0.15) is 0 Å². The van der Waals surface area contributed by atoms with E-state index in [1.807, 2.05) is 0 Å². The molecule has 0 radical (unpaired) electrons. The Hall–Kier alpha value is -0.830. The molecular weight excluding hydrogens is 242 g/mol. The molecule has 1 amide bonds. The third-order valence-corrected chi connectivity index (χ3v) is 5.14. The molecule has 1 fully saturated rings. The normalized spacial score (nSPS) is 23.9. The van der Waals surface area contributed by atoms with Crippen molar-refractivity contribution in [1.82, 2.24) is 5.32 Å². The number of amides is 1. The molecule has 0 aliphatic heterocycles. The molecule has 1 aliphatic carbocycles. The van der Waals surface area contributed by atoms with Crippen LogP contribution in [-0.4, -0.2) is 11.9 Å². The third-order valence-electron chi connectivity index (χ3n) is 4.05. The van der Waals surface area contributed by atoms with Gasteiger partial charge in [0.05, 0.1) is 4.88 Å². The van der Waals surface area contributed by atoms with Gasteiger partial charge in [0, 0.05) is 10.9 Å². The molecule has 2 rings (SSSR count). The van der Waals surface area contributed by atoms with Crippen LogP contribution in [-0.2, 0) is 6.42 Å². The molecule has 100 valence electrons. The Morgan fingerprint density at radius 2 is 2.17 bits per heavy atom. The molecule has 0 saturated heterocycles. The zero-order valence-electron chi connectivity index (χ0n) is 11.6. The Morgan fingerprint density at radius 3 is 2.78 bits per heavy atom. The molecule has 2 atom stereocenters. The van der Waals surface area contributed by atoms with Gasteiger partial charge >= 0.3 is 0 Å². The van der Waals surface area contributed by atoms with E-state index in [9.17, 15) is 4.79 Å². The first-order chi connectivity index (χ1) is 8.61. The average molecular weight is 265 g/mol. The van der Waals surface area contributed by atoms with E-state index in [2.05, 4.69) is 32.2 Å². The van der Waals surface area contributed by atoms with Crippen molar-refractivity contribution in [3.63, 3.8) is 0 Å². The maximum absolute atomic E-state index is 12.2. The second-order valence-corrected chi connectivity index (χ2v) is 6.64. The second kappa shape index (κ2) is 5.87. The summed E-state index contributed by atoms with van der Waals surface area (Å²) in [6, 6.07) is 2.43. The number of rotatable bonds is 3. The lowest BCUT2D eigenvalue weighted by Gasteiger charge is -2.29. The first kappa shape index (κ1) is 13.6. The Kier molecular flexibility index (Phi) is 4.44. The summed E-state index contributed by atoms with van der Waals surface area (Å²) in [5, 5.41) is 3.22. The lowest BCUT2D eigenvalue weighted by molar-refractivity contribution is 0.0914. The van der Waals surface area contributed by atoms with Gasteiger partial charge in [-0.25, -0.2) is 0 Å². The Labute approximate surface area is 114 Å². The fourth-order valence-electron chi connectivity index (χ4n) is 2.75. The van der Waals surface area contributed by atoms with Gasteiger partial charge in [0.25, 0.3) is 5.91 Å². The molecule has 1 heterocycles. The second-order valence-electron chi connectivity index (χ2n) is 5.39. The molecular formula is C15H23NOS. The van der Waals surface area contributed by atoms with E-state index in [1.165, 1.54) is 29.7 Å². The number of hydrogen-bond donors (Lipinski definition) is 1. The molecule has 1 aromatic rings. The van der Waals surface area contributed by atoms with Crippen molar-refractivity contribution in [3.8, 4) is 0 Å². The number of nitrogens with one attached hydrogen (secondary N) is 1. The van der Waals surface area contributed by atoms with Crippen LogP contribution in [0.15, 0.2) is 6.07 Å².